The van der Waals surface area contributed by atoms with Crippen molar-refractivity contribution in [1.29, 1.82) is 0 Å². The SMILES string of the molecule is CC(C)COC[C@H](C)NC(=O)CCCn1cccn1. The van der Waals surface area contributed by atoms with E-state index >= 15 is 0 Å². The highest BCUT2D eigenvalue weighted by atomic mass is 16.5. The molecule has 19 heavy (non-hydrogen) atoms. The van der Waals surface area contributed by atoms with E-state index in [1.54, 1.807) is 6.20 Å². The molecule has 108 valence electrons. The number of hydrogen-bond donors (Lipinski definition) is 1. The summed E-state index contributed by atoms with van der Waals surface area (Å²) in [5.74, 6) is 0.602. The summed E-state index contributed by atoms with van der Waals surface area (Å²) in [6.07, 6.45) is 4.97. The van der Waals surface area contributed by atoms with Crippen LogP contribution >= 0.6 is 0 Å². The number of aryl methyl sites for hydroxylation is 1. The summed E-state index contributed by atoms with van der Waals surface area (Å²) >= 11 is 0. The predicted molar refractivity (Wildman–Crippen MR) is 74.7 cm³/mol. The maximum absolute atomic E-state index is 11.7. The third-order valence-corrected chi connectivity index (χ3v) is 2.58. The molecular weight excluding hydrogens is 242 g/mol. The zero-order valence-corrected chi connectivity index (χ0v) is 12.1. The Morgan fingerprint density at radius 1 is 1.37 bits per heavy atom. The molecule has 0 saturated carbocycles. The summed E-state index contributed by atoms with van der Waals surface area (Å²) in [6.45, 7) is 8.27. The van der Waals surface area contributed by atoms with Crippen LogP contribution in [0.1, 0.15) is 33.6 Å². The molecule has 0 bridgehead atoms. The van der Waals surface area contributed by atoms with Gasteiger partial charge in [0.1, 0.15) is 0 Å². The standard InChI is InChI=1S/C14H25N3O2/c1-12(2)10-19-11-13(3)16-14(18)6-4-8-17-9-5-7-15-17/h5,7,9,12-13H,4,6,8,10-11H2,1-3H3,(H,16,18)/t13-/m0/s1. The van der Waals surface area contributed by atoms with Gasteiger partial charge in [-0.2, -0.15) is 5.10 Å². The van der Waals surface area contributed by atoms with Crippen molar-refractivity contribution in [1.82, 2.24) is 15.1 Å². The summed E-state index contributed by atoms with van der Waals surface area (Å²) in [7, 11) is 0. The molecular formula is C14H25N3O2. The van der Waals surface area contributed by atoms with Gasteiger partial charge < -0.3 is 10.1 Å². The van der Waals surface area contributed by atoms with Gasteiger partial charge in [-0.1, -0.05) is 13.8 Å². The molecule has 0 aliphatic rings. The second-order valence-corrected chi connectivity index (χ2v) is 5.27. The lowest BCUT2D eigenvalue weighted by atomic mass is 10.2. The van der Waals surface area contributed by atoms with Crippen LogP contribution in [0.15, 0.2) is 18.5 Å². The van der Waals surface area contributed by atoms with Crippen molar-refractivity contribution in [3.05, 3.63) is 18.5 Å². The van der Waals surface area contributed by atoms with Gasteiger partial charge >= 0.3 is 0 Å². The monoisotopic (exact) mass is 267 g/mol. The van der Waals surface area contributed by atoms with E-state index in [-0.39, 0.29) is 11.9 Å². The van der Waals surface area contributed by atoms with E-state index in [2.05, 4.69) is 24.3 Å². The Labute approximate surface area is 115 Å². The maximum Gasteiger partial charge on any atom is 0.220 e. The van der Waals surface area contributed by atoms with Crippen LogP contribution in [0, 0.1) is 5.92 Å². The third-order valence-electron chi connectivity index (χ3n) is 2.58. The molecule has 0 spiro atoms. The Hall–Kier alpha value is -1.36. The number of ether oxygens (including phenoxy) is 1. The number of carbonyl (C=O) groups is 1. The average Bonchev–Trinajstić information content (AvgIpc) is 2.81. The van der Waals surface area contributed by atoms with Crippen molar-refractivity contribution < 1.29 is 9.53 Å². The molecule has 0 aliphatic carbocycles. The summed E-state index contributed by atoms with van der Waals surface area (Å²) in [5, 5.41) is 7.04. The summed E-state index contributed by atoms with van der Waals surface area (Å²) < 4.78 is 7.33. The summed E-state index contributed by atoms with van der Waals surface area (Å²) in [6, 6.07) is 1.95. The molecule has 0 aliphatic heterocycles. The Balaban J connectivity index is 2.06. The van der Waals surface area contributed by atoms with E-state index in [0.717, 1.165) is 19.6 Å². The molecule has 0 unspecified atom stereocenters. The van der Waals surface area contributed by atoms with Crippen LogP contribution in [0.4, 0.5) is 0 Å². The number of nitrogens with zero attached hydrogens (tertiary/aromatic N) is 2. The lowest BCUT2D eigenvalue weighted by Crippen LogP contribution is -2.36. The minimum Gasteiger partial charge on any atom is -0.379 e. The van der Waals surface area contributed by atoms with E-state index in [0.29, 0.717) is 18.9 Å². The first-order chi connectivity index (χ1) is 9.08. The summed E-state index contributed by atoms with van der Waals surface area (Å²) in [5.41, 5.74) is 0. The molecule has 1 N–H and O–H groups in total. The van der Waals surface area contributed by atoms with Crippen molar-refractivity contribution >= 4 is 5.91 Å². The molecule has 1 rings (SSSR count). The van der Waals surface area contributed by atoms with Crippen LogP contribution in [0.25, 0.3) is 0 Å². The van der Waals surface area contributed by atoms with Crippen molar-refractivity contribution in [2.45, 2.75) is 46.2 Å². The number of aromatic nitrogens is 2. The third kappa shape index (κ3) is 7.62. The lowest BCUT2D eigenvalue weighted by Gasteiger charge is -2.15. The van der Waals surface area contributed by atoms with E-state index in [9.17, 15) is 4.79 Å². The van der Waals surface area contributed by atoms with Gasteiger partial charge in [0.15, 0.2) is 0 Å². The van der Waals surface area contributed by atoms with Crippen molar-refractivity contribution in [3.63, 3.8) is 0 Å². The van der Waals surface area contributed by atoms with Gasteiger partial charge in [-0.05, 0) is 25.3 Å². The first-order valence-corrected chi connectivity index (χ1v) is 6.92. The smallest absolute Gasteiger partial charge is 0.220 e. The minimum absolute atomic E-state index is 0.0657. The van der Waals surface area contributed by atoms with Crippen LogP contribution in [-0.4, -0.2) is 34.9 Å². The molecule has 0 aromatic carbocycles. The van der Waals surface area contributed by atoms with Crippen molar-refractivity contribution in [2.24, 2.45) is 5.92 Å². The van der Waals surface area contributed by atoms with Crippen LogP contribution < -0.4 is 5.32 Å². The molecule has 1 amide bonds. The molecule has 0 fully saturated rings. The topological polar surface area (TPSA) is 56.1 Å². The number of rotatable bonds is 9. The Morgan fingerprint density at radius 3 is 2.79 bits per heavy atom. The fourth-order valence-electron chi connectivity index (χ4n) is 1.70. The zero-order chi connectivity index (χ0) is 14.1. The van der Waals surface area contributed by atoms with Crippen LogP contribution in [-0.2, 0) is 16.1 Å². The fourth-order valence-corrected chi connectivity index (χ4v) is 1.70. The molecule has 5 nitrogen and oxygen atoms in total. The maximum atomic E-state index is 11.7. The molecule has 1 aromatic heterocycles. The van der Waals surface area contributed by atoms with Crippen LogP contribution in [0.2, 0.25) is 0 Å². The largest absolute Gasteiger partial charge is 0.379 e. The zero-order valence-electron chi connectivity index (χ0n) is 12.1. The second-order valence-electron chi connectivity index (χ2n) is 5.27. The van der Waals surface area contributed by atoms with Gasteiger partial charge in [0.05, 0.1) is 6.61 Å². The Bertz CT molecular complexity index is 350. The first-order valence-electron chi connectivity index (χ1n) is 6.92. The van der Waals surface area contributed by atoms with Gasteiger partial charge in [-0.25, -0.2) is 0 Å². The normalized spacial score (nSPS) is 12.6. The van der Waals surface area contributed by atoms with Crippen molar-refractivity contribution in [3.8, 4) is 0 Å². The molecule has 5 heteroatoms. The Kier molecular flexibility index (Phi) is 7.18. The number of carbonyl (C=O) groups excluding carboxylic acids is 1. The average molecular weight is 267 g/mol. The first kappa shape index (κ1) is 15.7. The van der Waals surface area contributed by atoms with Gasteiger partial charge in [-0.15, -0.1) is 0 Å². The number of nitrogens with one attached hydrogen (secondary N) is 1. The van der Waals surface area contributed by atoms with Crippen LogP contribution in [0.5, 0.6) is 0 Å². The van der Waals surface area contributed by atoms with E-state index in [1.807, 2.05) is 23.9 Å². The van der Waals surface area contributed by atoms with E-state index < -0.39 is 0 Å². The molecule has 0 radical (unpaired) electrons. The van der Waals surface area contributed by atoms with Gasteiger partial charge in [0.2, 0.25) is 5.91 Å². The minimum atomic E-state index is 0.0657. The fraction of sp³-hybridized carbons (Fsp3) is 0.714. The molecule has 0 saturated heterocycles. The van der Waals surface area contributed by atoms with Gasteiger partial charge in [0.25, 0.3) is 0 Å². The molecule has 1 atom stereocenters. The van der Waals surface area contributed by atoms with E-state index in [4.69, 9.17) is 4.74 Å². The summed E-state index contributed by atoms with van der Waals surface area (Å²) in [4.78, 5) is 11.7. The Morgan fingerprint density at radius 2 is 2.16 bits per heavy atom. The van der Waals surface area contributed by atoms with Gasteiger partial charge in [0, 0.05) is 38.0 Å². The van der Waals surface area contributed by atoms with E-state index in [1.165, 1.54) is 0 Å². The van der Waals surface area contributed by atoms with Gasteiger partial charge in [-0.3, -0.25) is 9.48 Å². The van der Waals surface area contributed by atoms with Crippen molar-refractivity contribution in [2.75, 3.05) is 13.2 Å². The number of hydrogen-bond acceptors (Lipinski definition) is 3. The molecule has 1 aromatic rings. The highest BCUT2D eigenvalue weighted by molar-refractivity contribution is 5.76. The highest BCUT2D eigenvalue weighted by Crippen LogP contribution is 1.97. The predicted octanol–water partition coefficient (Wildman–Crippen LogP) is 1.84. The lowest BCUT2D eigenvalue weighted by molar-refractivity contribution is -0.122. The highest BCUT2D eigenvalue weighted by Gasteiger charge is 2.07. The quantitative estimate of drug-likeness (QED) is 0.743. The van der Waals surface area contributed by atoms with Crippen LogP contribution in [0.3, 0.4) is 0 Å². The second kappa shape index (κ2) is 8.69. The molecule has 1 heterocycles. The number of amides is 1.